The van der Waals surface area contributed by atoms with Gasteiger partial charge in [-0.05, 0) is 43.6 Å². The van der Waals surface area contributed by atoms with Crippen LogP contribution in [0.2, 0.25) is 0 Å². The molecule has 2 heterocycles. The van der Waals surface area contributed by atoms with Crippen molar-refractivity contribution in [3.63, 3.8) is 0 Å². The fourth-order valence-corrected chi connectivity index (χ4v) is 3.70. The van der Waals surface area contributed by atoms with E-state index in [2.05, 4.69) is 33.8 Å². The van der Waals surface area contributed by atoms with Crippen molar-refractivity contribution in [2.75, 3.05) is 0 Å². The third kappa shape index (κ3) is 4.16. The van der Waals surface area contributed by atoms with Crippen LogP contribution in [-0.4, -0.2) is 19.9 Å². The first-order valence-electron chi connectivity index (χ1n) is 9.43. The fraction of sp³-hybridized carbons (Fsp3) is 0.600. The van der Waals surface area contributed by atoms with Crippen LogP contribution >= 0.6 is 0 Å². The van der Waals surface area contributed by atoms with Crippen molar-refractivity contribution >= 4 is 0 Å². The first kappa shape index (κ1) is 17.0. The molecule has 0 saturated heterocycles. The van der Waals surface area contributed by atoms with Gasteiger partial charge in [-0.3, -0.25) is 0 Å². The molecule has 1 saturated carbocycles. The molecule has 0 atom stereocenters. The van der Waals surface area contributed by atoms with E-state index in [0.29, 0.717) is 11.7 Å². The summed E-state index contributed by atoms with van der Waals surface area (Å²) in [7, 11) is 0. The number of hydrogen-bond acceptors (Lipinski definition) is 4. The van der Waals surface area contributed by atoms with Crippen molar-refractivity contribution in [3.8, 4) is 11.4 Å². The minimum Gasteiger partial charge on any atom is -0.240 e. The van der Waals surface area contributed by atoms with Crippen LogP contribution in [0.25, 0.3) is 11.4 Å². The van der Waals surface area contributed by atoms with Crippen molar-refractivity contribution in [2.45, 2.75) is 71.1 Å². The Morgan fingerprint density at radius 2 is 1.50 bits per heavy atom. The lowest BCUT2D eigenvalue weighted by molar-refractivity contribution is 0.302. The van der Waals surface area contributed by atoms with Gasteiger partial charge in [0.25, 0.3) is 0 Å². The summed E-state index contributed by atoms with van der Waals surface area (Å²) in [6, 6.07) is 0. The summed E-state index contributed by atoms with van der Waals surface area (Å²) in [6.45, 7) is 4.45. The highest BCUT2D eigenvalue weighted by Gasteiger charge is 2.23. The second-order valence-electron chi connectivity index (χ2n) is 7.00. The average molecular weight is 324 g/mol. The molecule has 3 rings (SSSR count). The molecule has 0 radical (unpaired) electrons. The summed E-state index contributed by atoms with van der Waals surface area (Å²) in [6.07, 6.45) is 17.5. The Hall–Kier alpha value is -1.84. The summed E-state index contributed by atoms with van der Waals surface area (Å²) in [5, 5.41) is 0. The SMILES string of the molecule is CCCc1cnc(-c2cnc(C3CCC(CCC)CC3)nc2)nc1. The van der Waals surface area contributed by atoms with Crippen LogP contribution in [-0.2, 0) is 6.42 Å². The zero-order chi connectivity index (χ0) is 16.8. The number of aromatic nitrogens is 4. The zero-order valence-corrected chi connectivity index (χ0v) is 14.9. The standard InChI is InChI=1S/C20H28N4/c1-3-5-15-7-9-17(10-8-15)19-23-13-18(14-24-19)20-21-11-16(6-4-2)12-22-20/h11-15,17H,3-10H2,1-2H3. The van der Waals surface area contributed by atoms with Gasteiger partial charge in [0.15, 0.2) is 5.82 Å². The molecule has 24 heavy (non-hydrogen) atoms. The van der Waals surface area contributed by atoms with Crippen LogP contribution in [0.15, 0.2) is 24.8 Å². The highest BCUT2D eigenvalue weighted by atomic mass is 14.9. The average Bonchev–Trinajstić information content (AvgIpc) is 2.64. The maximum Gasteiger partial charge on any atom is 0.162 e. The molecular formula is C20H28N4. The smallest absolute Gasteiger partial charge is 0.162 e. The Morgan fingerprint density at radius 3 is 2.08 bits per heavy atom. The van der Waals surface area contributed by atoms with Gasteiger partial charge in [-0.2, -0.15) is 0 Å². The van der Waals surface area contributed by atoms with Gasteiger partial charge in [-0.15, -0.1) is 0 Å². The number of nitrogens with zero attached hydrogens (tertiary/aromatic N) is 4. The quantitative estimate of drug-likeness (QED) is 0.753. The van der Waals surface area contributed by atoms with E-state index in [4.69, 9.17) is 0 Å². The number of hydrogen-bond donors (Lipinski definition) is 0. The van der Waals surface area contributed by atoms with Crippen molar-refractivity contribution in [1.82, 2.24) is 19.9 Å². The van der Waals surface area contributed by atoms with Crippen molar-refractivity contribution in [1.29, 1.82) is 0 Å². The Balaban J connectivity index is 1.63. The van der Waals surface area contributed by atoms with E-state index in [1.54, 1.807) is 0 Å². The van der Waals surface area contributed by atoms with Crippen LogP contribution in [0.5, 0.6) is 0 Å². The summed E-state index contributed by atoms with van der Waals surface area (Å²) >= 11 is 0. The normalized spacial score (nSPS) is 20.9. The lowest BCUT2D eigenvalue weighted by atomic mass is 9.80. The summed E-state index contributed by atoms with van der Waals surface area (Å²) in [5.74, 6) is 3.16. The molecule has 128 valence electrons. The monoisotopic (exact) mass is 324 g/mol. The van der Waals surface area contributed by atoms with Gasteiger partial charge in [0.2, 0.25) is 0 Å². The van der Waals surface area contributed by atoms with E-state index >= 15 is 0 Å². The molecule has 1 aliphatic rings. The first-order valence-corrected chi connectivity index (χ1v) is 9.43. The van der Waals surface area contributed by atoms with Crippen molar-refractivity contribution < 1.29 is 0 Å². The third-order valence-electron chi connectivity index (χ3n) is 5.08. The van der Waals surface area contributed by atoms with E-state index < -0.39 is 0 Å². The van der Waals surface area contributed by atoms with Gasteiger partial charge < -0.3 is 0 Å². The predicted molar refractivity (Wildman–Crippen MR) is 96.7 cm³/mol. The van der Waals surface area contributed by atoms with Crippen molar-refractivity contribution in [2.24, 2.45) is 5.92 Å². The Labute approximate surface area is 145 Å². The molecule has 0 bridgehead atoms. The summed E-state index contributed by atoms with van der Waals surface area (Å²) in [5.41, 5.74) is 2.09. The molecular weight excluding hydrogens is 296 g/mol. The van der Waals surface area contributed by atoms with E-state index in [1.165, 1.54) is 44.1 Å². The minimum atomic E-state index is 0.528. The summed E-state index contributed by atoms with van der Waals surface area (Å²) < 4.78 is 0. The Kier molecular flexibility index (Phi) is 5.89. The van der Waals surface area contributed by atoms with Crippen LogP contribution in [0.4, 0.5) is 0 Å². The fourth-order valence-electron chi connectivity index (χ4n) is 3.70. The van der Waals surface area contributed by atoms with Gasteiger partial charge in [0.05, 0.1) is 5.56 Å². The van der Waals surface area contributed by atoms with E-state index in [9.17, 15) is 0 Å². The number of rotatable bonds is 6. The lowest BCUT2D eigenvalue weighted by Gasteiger charge is -2.27. The van der Waals surface area contributed by atoms with Gasteiger partial charge in [0, 0.05) is 30.7 Å². The van der Waals surface area contributed by atoms with Crippen LogP contribution in [0.1, 0.15) is 76.1 Å². The van der Waals surface area contributed by atoms with E-state index in [1.807, 2.05) is 24.8 Å². The summed E-state index contributed by atoms with van der Waals surface area (Å²) in [4.78, 5) is 18.1. The van der Waals surface area contributed by atoms with Gasteiger partial charge in [-0.1, -0.05) is 33.1 Å². The molecule has 4 nitrogen and oxygen atoms in total. The molecule has 0 amide bonds. The molecule has 0 N–H and O–H groups in total. The van der Waals surface area contributed by atoms with Gasteiger partial charge in [0.1, 0.15) is 5.82 Å². The van der Waals surface area contributed by atoms with Gasteiger partial charge >= 0.3 is 0 Å². The van der Waals surface area contributed by atoms with Crippen LogP contribution in [0, 0.1) is 5.92 Å². The zero-order valence-electron chi connectivity index (χ0n) is 14.9. The molecule has 2 aromatic rings. The largest absolute Gasteiger partial charge is 0.240 e. The van der Waals surface area contributed by atoms with Crippen LogP contribution < -0.4 is 0 Å². The highest BCUT2D eigenvalue weighted by Crippen LogP contribution is 2.36. The Morgan fingerprint density at radius 1 is 0.833 bits per heavy atom. The maximum atomic E-state index is 4.62. The lowest BCUT2D eigenvalue weighted by Crippen LogP contribution is -2.15. The Bertz CT molecular complexity index is 613. The molecule has 2 aromatic heterocycles. The maximum absolute atomic E-state index is 4.62. The molecule has 0 aliphatic heterocycles. The molecule has 4 heteroatoms. The van der Waals surface area contributed by atoms with Crippen molar-refractivity contribution in [3.05, 3.63) is 36.2 Å². The third-order valence-corrected chi connectivity index (χ3v) is 5.08. The van der Waals surface area contributed by atoms with Gasteiger partial charge in [-0.25, -0.2) is 19.9 Å². The van der Waals surface area contributed by atoms with E-state index in [0.717, 1.165) is 30.1 Å². The molecule has 1 aliphatic carbocycles. The van der Waals surface area contributed by atoms with E-state index in [-0.39, 0.29) is 0 Å². The predicted octanol–water partition coefficient (Wildman–Crippen LogP) is 4.96. The topological polar surface area (TPSA) is 51.6 Å². The second-order valence-corrected chi connectivity index (χ2v) is 7.00. The second kappa shape index (κ2) is 8.32. The first-order chi connectivity index (χ1) is 11.8. The minimum absolute atomic E-state index is 0.528. The molecule has 0 unspecified atom stereocenters. The molecule has 1 fully saturated rings. The molecule has 0 spiro atoms. The molecule has 0 aromatic carbocycles. The highest BCUT2D eigenvalue weighted by molar-refractivity contribution is 5.51. The number of aryl methyl sites for hydroxylation is 1. The van der Waals surface area contributed by atoms with Crippen LogP contribution in [0.3, 0.4) is 0 Å².